The zero-order chi connectivity index (χ0) is 17.8. The highest BCUT2D eigenvalue weighted by Crippen LogP contribution is 2.46. The van der Waals surface area contributed by atoms with Gasteiger partial charge in [-0.25, -0.2) is 8.42 Å². The first-order valence-corrected chi connectivity index (χ1v) is 10.3. The molecule has 1 amide bonds. The van der Waals surface area contributed by atoms with Crippen LogP contribution < -0.4 is 0 Å². The minimum Gasteiger partial charge on any atom is -0.365 e. The third-order valence-corrected chi connectivity index (χ3v) is 7.86. The number of amides is 1. The molecule has 8 nitrogen and oxygen atoms in total. The zero-order valence-electron chi connectivity index (χ0n) is 14.5. The molecule has 3 aliphatic heterocycles. The van der Waals surface area contributed by atoms with Crippen molar-refractivity contribution in [2.45, 2.75) is 43.6 Å². The van der Waals surface area contributed by atoms with Crippen LogP contribution in [0, 0.1) is 5.92 Å². The molecule has 0 aromatic carbocycles. The molecule has 0 aliphatic carbocycles. The van der Waals surface area contributed by atoms with Crippen LogP contribution in [0.1, 0.15) is 37.2 Å². The molecule has 3 atom stereocenters. The Morgan fingerprint density at radius 3 is 2.96 bits per heavy atom. The first kappa shape index (κ1) is 17.0. The van der Waals surface area contributed by atoms with Gasteiger partial charge in [0.15, 0.2) is 0 Å². The number of hydrogen-bond donors (Lipinski definition) is 1. The maximum Gasteiger partial charge on any atom is 0.272 e. The smallest absolute Gasteiger partial charge is 0.272 e. The van der Waals surface area contributed by atoms with E-state index in [1.807, 2.05) is 0 Å². The Morgan fingerprint density at radius 1 is 1.48 bits per heavy atom. The third-order valence-electron chi connectivity index (χ3n) is 5.49. The number of carbonyl (C=O) groups is 1. The molecular weight excluding hydrogens is 344 g/mol. The minimum absolute atomic E-state index is 0.149. The molecule has 25 heavy (non-hydrogen) atoms. The van der Waals surface area contributed by atoms with Crippen molar-refractivity contribution in [1.82, 2.24) is 19.4 Å². The van der Waals surface area contributed by atoms with Crippen LogP contribution in [-0.4, -0.2) is 76.9 Å². The van der Waals surface area contributed by atoms with Gasteiger partial charge in [-0.3, -0.25) is 9.89 Å². The average molecular weight is 368 g/mol. The van der Waals surface area contributed by atoms with Crippen LogP contribution in [0.2, 0.25) is 0 Å². The van der Waals surface area contributed by atoms with E-state index in [2.05, 4.69) is 24.0 Å². The van der Waals surface area contributed by atoms with Gasteiger partial charge in [0, 0.05) is 25.8 Å². The molecule has 3 saturated heterocycles. The van der Waals surface area contributed by atoms with Gasteiger partial charge in [0.2, 0.25) is 10.0 Å². The van der Waals surface area contributed by atoms with Crippen LogP contribution in [0.4, 0.5) is 0 Å². The van der Waals surface area contributed by atoms with Gasteiger partial charge in [-0.15, -0.1) is 0 Å². The maximum atomic E-state index is 13.0. The highest BCUT2D eigenvalue weighted by Gasteiger charge is 2.65. The van der Waals surface area contributed by atoms with Crippen molar-refractivity contribution >= 4 is 15.9 Å². The Kier molecular flexibility index (Phi) is 3.93. The van der Waals surface area contributed by atoms with E-state index in [0.29, 0.717) is 44.2 Å². The number of carbonyl (C=O) groups excluding carboxylic acids is 1. The van der Waals surface area contributed by atoms with Crippen LogP contribution in [0.15, 0.2) is 12.3 Å². The summed E-state index contributed by atoms with van der Waals surface area (Å²) < 4.78 is 33.6. The summed E-state index contributed by atoms with van der Waals surface area (Å²) in [5.41, 5.74) is -0.374. The second-order valence-electron chi connectivity index (χ2n) is 7.75. The number of nitrogens with zero attached hydrogens (tertiary/aromatic N) is 3. The molecule has 1 aromatic rings. The molecule has 1 aromatic heterocycles. The summed E-state index contributed by atoms with van der Waals surface area (Å²) in [4.78, 5) is 14.4. The molecule has 1 spiro atoms. The van der Waals surface area contributed by atoms with E-state index in [4.69, 9.17) is 4.74 Å². The monoisotopic (exact) mass is 368 g/mol. The number of morpholine rings is 1. The number of likely N-dealkylation sites (tertiary alicyclic amines) is 1. The van der Waals surface area contributed by atoms with Crippen molar-refractivity contribution in [3.8, 4) is 0 Å². The molecule has 3 fully saturated rings. The zero-order valence-corrected chi connectivity index (χ0v) is 15.3. The van der Waals surface area contributed by atoms with E-state index in [1.54, 1.807) is 15.3 Å². The van der Waals surface area contributed by atoms with E-state index in [-0.39, 0.29) is 12.0 Å². The molecule has 1 N–H and O–H groups in total. The fourth-order valence-electron chi connectivity index (χ4n) is 4.25. The molecule has 138 valence electrons. The molecule has 4 rings (SSSR count). The van der Waals surface area contributed by atoms with Crippen molar-refractivity contribution in [2.75, 3.05) is 26.2 Å². The van der Waals surface area contributed by atoms with Gasteiger partial charge in [-0.1, -0.05) is 13.8 Å². The lowest BCUT2D eigenvalue weighted by atomic mass is 9.99. The number of aromatic amines is 1. The van der Waals surface area contributed by atoms with Crippen molar-refractivity contribution in [3.05, 3.63) is 18.0 Å². The number of nitrogens with one attached hydrogen (secondary N) is 1. The van der Waals surface area contributed by atoms with Crippen LogP contribution in [0.5, 0.6) is 0 Å². The summed E-state index contributed by atoms with van der Waals surface area (Å²) in [5, 5.41) is 5.97. The first-order chi connectivity index (χ1) is 11.8. The summed E-state index contributed by atoms with van der Waals surface area (Å²) in [6.07, 6.45) is 2.61. The Labute approximate surface area is 147 Å². The van der Waals surface area contributed by atoms with Gasteiger partial charge < -0.3 is 9.64 Å². The fraction of sp³-hybridized carbons (Fsp3) is 0.750. The molecule has 0 radical (unpaired) electrons. The molecule has 0 saturated carbocycles. The minimum atomic E-state index is -3.38. The molecule has 0 unspecified atom stereocenters. The Balaban J connectivity index is 1.57. The third kappa shape index (κ3) is 2.69. The number of rotatable bonds is 4. The van der Waals surface area contributed by atoms with Gasteiger partial charge >= 0.3 is 0 Å². The van der Waals surface area contributed by atoms with Crippen LogP contribution in [0.3, 0.4) is 0 Å². The Morgan fingerprint density at radius 2 is 2.28 bits per heavy atom. The summed E-state index contributed by atoms with van der Waals surface area (Å²) in [5.74, 6) is 0.287. The quantitative estimate of drug-likeness (QED) is 0.833. The van der Waals surface area contributed by atoms with Crippen molar-refractivity contribution in [3.63, 3.8) is 0 Å². The van der Waals surface area contributed by atoms with E-state index >= 15 is 0 Å². The molecule has 4 heterocycles. The normalized spacial score (nSPS) is 33.8. The van der Waals surface area contributed by atoms with E-state index in [0.717, 1.165) is 6.42 Å². The largest absolute Gasteiger partial charge is 0.365 e. The summed E-state index contributed by atoms with van der Waals surface area (Å²) in [7, 11) is -3.38. The SMILES string of the molecule is CC(C)CCN1C[C@]23CN(C(=O)c4ccn[nH]4)C[C@@H](C[C@H]2S1(=O)=O)O3. The topological polar surface area (TPSA) is 95.6 Å². The number of H-pyrrole nitrogens is 1. The molecule has 3 aliphatic rings. The van der Waals surface area contributed by atoms with E-state index in [1.165, 1.54) is 6.20 Å². The molecule has 2 bridgehead atoms. The summed E-state index contributed by atoms with van der Waals surface area (Å²) in [6, 6.07) is 1.63. The predicted octanol–water partition coefficient (Wildman–Crippen LogP) is 0.453. The second kappa shape index (κ2) is 5.78. The first-order valence-electron chi connectivity index (χ1n) is 8.77. The van der Waals surface area contributed by atoms with E-state index in [9.17, 15) is 13.2 Å². The lowest BCUT2D eigenvalue weighted by Crippen LogP contribution is -2.56. The maximum absolute atomic E-state index is 13.0. The summed E-state index contributed by atoms with van der Waals surface area (Å²) in [6.45, 7) is 5.76. The van der Waals surface area contributed by atoms with Gasteiger partial charge in [0.1, 0.15) is 16.5 Å². The Hall–Kier alpha value is -1.45. The average Bonchev–Trinajstić information content (AvgIpc) is 3.20. The van der Waals surface area contributed by atoms with Gasteiger partial charge in [-0.2, -0.15) is 9.40 Å². The van der Waals surface area contributed by atoms with Crippen molar-refractivity contribution in [1.29, 1.82) is 0 Å². The van der Waals surface area contributed by atoms with Gasteiger partial charge in [0.25, 0.3) is 5.91 Å². The lowest BCUT2D eigenvalue weighted by Gasteiger charge is -2.39. The lowest BCUT2D eigenvalue weighted by molar-refractivity contribution is -0.0978. The van der Waals surface area contributed by atoms with Crippen LogP contribution in [0.25, 0.3) is 0 Å². The highest BCUT2D eigenvalue weighted by molar-refractivity contribution is 7.90. The van der Waals surface area contributed by atoms with Crippen LogP contribution >= 0.6 is 0 Å². The number of sulfonamides is 1. The molecular formula is C16H24N4O4S. The van der Waals surface area contributed by atoms with Crippen molar-refractivity contribution < 1.29 is 17.9 Å². The standard InChI is InChI=1S/C16H24N4O4S/c1-11(2)4-6-20-10-16-9-19(15(21)13-3-5-17-18-13)8-12(24-16)7-14(16)25(20,22)23/h3,5,11-12,14H,4,6-10H2,1-2H3,(H,17,18)/t12-,14-,16-/m1/s1. The second-order valence-corrected chi connectivity index (χ2v) is 9.86. The summed E-state index contributed by atoms with van der Waals surface area (Å²) >= 11 is 0. The number of ether oxygens (including phenoxy) is 1. The van der Waals surface area contributed by atoms with E-state index < -0.39 is 20.9 Å². The number of aromatic nitrogens is 2. The predicted molar refractivity (Wildman–Crippen MR) is 90.4 cm³/mol. The molecule has 9 heteroatoms. The van der Waals surface area contributed by atoms with Gasteiger partial charge in [-0.05, 0) is 24.8 Å². The van der Waals surface area contributed by atoms with Crippen LogP contribution in [-0.2, 0) is 14.8 Å². The Bertz CT molecular complexity index is 763. The number of fused-ring (bicyclic) bond motifs is 1. The fourth-order valence-corrected chi connectivity index (χ4v) is 6.58. The van der Waals surface area contributed by atoms with Gasteiger partial charge in [0.05, 0.1) is 12.6 Å². The number of hydrogen-bond acceptors (Lipinski definition) is 5. The highest BCUT2D eigenvalue weighted by atomic mass is 32.2. The van der Waals surface area contributed by atoms with Crippen molar-refractivity contribution in [2.24, 2.45) is 5.92 Å².